The van der Waals surface area contributed by atoms with Gasteiger partial charge < -0.3 is 19.7 Å². The smallest absolute Gasteiger partial charge is 0.300 e. The third-order valence-corrected chi connectivity index (χ3v) is 5.61. The topological polar surface area (TPSA) is 96.3 Å². The first-order valence-electron chi connectivity index (χ1n) is 9.93. The van der Waals surface area contributed by atoms with E-state index in [4.69, 9.17) is 21.1 Å². The number of phenols is 1. The van der Waals surface area contributed by atoms with Crippen molar-refractivity contribution in [2.45, 2.75) is 6.04 Å². The molecule has 1 heterocycles. The maximum absolute atomic E-state index is 13.2. The lowest BCUT2D eigenvalue weighted by molar-refractivity contribution is -0.132. The van der Waals surface area contributed by atoms with E-state index >= 15 is 0 Å². The minimum Gasteiger partial charge on any atom is -0.508 e. The van der Waals surface area contributed by atoms with Gasteiger partial charge in [-0.3, -0.25) is 14.5 Å². The third-order valence-electron chi connectivity index (χ3n) is 5.38. The summed E-state index contributed by atoms with van der Waals surface area (Å²) in [5.74, 6) is -1.49. The van der Waals surface area contributed by atoms with Crippen LogP contribution >= 0.6 is 11.6 Å². The Balaban J connectivity index is 2.00. The highest BCUT2D eigenvalue weighted by Crippen LogP contribution is 2.44. The Hall–Kier alpha value is -3.97. The largest absolute Gasteiger partial charge is 0.508 e. The van der Waals surface area contributed by atoms with Gasteiger partial charge in [-0.05, 0) is 54.1 Å². The number of aliphatic hydroxyl groups excluding tert-OH is 1. The van der Waals surface area contributed by atoms with Gasteiger partial charge in [0.15, 0.2) is 0 Å². The molecule has 33 heavy (non-hydrogen) atoms. The van der Waals surface area contributed by atoms with Crippen LogP contribution in [0, 0.1) is 0 Å². The van der Waals surface area contributed by atoms with E-state index in [1.54, 1.807) is 48.5 Å². The summed E-state index contributed by atoms with van der Waals surface area (Å²) >= 11 is 6.14. The van der Waals surface area contributed by atoms with Gasteiger partial charge in [0.05, 0.1) is 31.4 Å². The Morgan fingerprint density at radius 3 is 2.39 bits per heavy atom. The standard InChI is InChI=1S/C25H20ClNO6/c1-32-18-9-10-20(33-2)19(13-18)23(29)21-22(14-5-3-8-17(28)11-14)27(25(31)24(21)30)16-7-4-6-15(26)12-16/h3-13,22,28-29H,1-2H3/b23-21+. The lowest BCUT2D eigenvalue weighted by Crippen LogP contribution is -2.29. The fraction of sp³-hybridized carbons (Fsp3) is 0.120. The first-order valence-corrected chi connectivity index (χ1v) is 10.3. The molecule has 1 saturated heterocycles. The SMILES string of the molecule is COc1ccc(OC)c(/C(O)=C2\C(=O)C(=O)N(c3cccc(Cl)c3)C2c2cccc(O)c2)c1. The van der Waals surface area contributed by atoms with Gasteiger partial charge in [0.25, 0.3) is 11.7 Å². The zero-order valence-corrected chi connectivity index (χ0v) is 18.5. The molecule has 1 amide bonds. The minimum absolute atomic E-state index is 0.0526. The maximum atomic E-state index is 13.2. The van der Waals surface area contributed by atoms with Crippen LogP contribution in [-0.4, -0.2) is 36.1 Å². The van der Waals surface area contributed by atoms with Crippen molar-refractivity contribution >= 4 is 34.7 Å². The molecule has 2 N–H and O–H groups in total. The number of phenolic OH excluding ortho intramolecular Hbond substituents is 1. The van der Waals surface area contributed by atoms with Crippen molar-refractivity contribution in [1.82, 2.24) is 0 Å². The fourth-order valence-electron chi connectivity index (χ4n) is 3.88. The van der Waals surface area contributed by atoms with Gasteiger partial charge in [0, 0.05) is 10.7 Å². The van der Waals surface area contributed by atoms with Gasteiger partial charge in [-0.1, -0.05) is 29.8 Å². The van der Waals surface area contributed by atoms with E-state index in [1.165, 1.54) is 37.3 Å². The lowest BCUT2D eigenvalue weighted by Gasteiger charge is -2.25. The van der Waals surface area contributed by atoms with Crippen LogP contribution in [0.15, 0.2) is 72.3 Å². The molecule has 0 aromatic heterocycles. The second-order valence-corrected chi connectivity index (χ2v) is 7.75. The summed E-state index contributed by atoms with van der Waals surface area (Å²) in [6.45, 7) is 0. The Morgan fingerprint density at radius 2 is 1.73 bits per heavy atom. The Bertz CT molecular complexity index is 1290. The van der Waals surface area contributed by atoms with Crippen LogP contribution in [0.3, 0.4) is 0 Å². The van der Waals surface area contributed by atoms with E-state index in [0.29, 0.717) is 22.0 Å². The number of aliphatic hydroxyl groups is 1. The second kappa shape index (κ2) is 8.88. The number of methoxy groups -OCH3 is 2. The van der Waals surface area contributed by atoms with Gasteiger partial charge in [-0.15, -0.1) is 0 Å². The van der Waals surface area contributed by atoms with Gasteiger partial charge in [0.1, 0.15) is 23.0 Å². The van der Waals surface area contributed by atoms with Crippen molar-refractivity contribution in [3.05, 3.63) is 88.5 Å². The number of carbonyl (C=O) groups excluding carboxylic acids is 2. The number of halogens is 1. The molecule has 7 nitrogen and oxygen atoms in total. The molecule has 3 aromatic rings. The maximum Gasteiger partial charge on any atom is 0.300 e. The third kappa shape index (κ3) is 3.99. The average Bonchev–Trinajstić information content (AvgIpc) is 3.08. The van der Waals surface area contributed by atoms with E-state index in [2.05, 4.69) is 0 Å². The first-order chi connectivity index (χ1) is 15.8. The normalized spacial score (nSPS) is 17.3. The number of benzene rings is 3. The Morgan fingerprint density at radius 1 is 0.970 bits per heavy atom. The number of rotatable bonds is 5. The van der Waals surface area contributed by atoms with Crippen molar-refractivity contribution < 1.29 is 29.3 Å². The summed E-state index contributed by atoms with van der Waals surface area (Å²) in [4.78, 5) is 27.7. The van der Waals surface area contributed by atoms with E-state index in [-0.39, 0.29) is 22.6 Å². The van der Waals surface area contributed by atoms with Crippen molar-refractivity contribution in [3.63, 3.8) is 0 Å². The summed E-state index contributed by atoms with van der Waals surface area (Å²) < 4.78 is 10.6. The van der Waals surface area contributed by atoms with Gasteiger partial charge in [-0.25, -0.2) is 0 Å². The van der Waals surface area contributed by atoms with Crippen LogP contribution in [0.4, 0.5) is 5.69 Å². The van der Waals surface area contributed by atoms with Crippen molar-refractivity contribution in [3.8, 4) is 17.2 Å². The summed E-state index contributed by atoms with van der Waals surface area (Å²) in [6, 6.07) is 16.4. The molecular weight excluding hydrogens is 446 g/mol. The summed E-state index contributed by atoms with van der Waals surface area (Å²) in [5.41, 5.74) is 0.829. The first kappa shape index (κ1) is 22.2. The van der Waals surface area contributed by atoms with Crippen LogP contribution in [0.2, 0.25) is 5.02 Å². The molecule has 168 valence electrons. The van der Waals surface area contributed by atoms with Gasteiger partial charge in [0.2, 0.25) is 0 Å². The number of Topliss-reactive ketones (excluding diaryl/α,β-unsaturated/α-hetero) is 1. The number of amides is 1. The van der Waals surface area contributed by atoms with Crippen molar-refractivity contribution in [2.75, 3.05) is 19.1 Å². The quantitative estimate of drug-likeness (QED) is 0.322. The predicted molar refractivity (Wildman–Crippen MR) is 124 cm³/mol. The zero-order valence-electron chi connectivity index (χ0n) is 17.8. The van der Waals surface area contributed by atoms with Crippen LogP contribution in [0.5, 0.6) is 17.2 Å². The van der Waals surface area contributed by atoms with E-state index in [9.17, 15) is 19.8 Å². The number of ether oxygens (including phenoxy) is 2. The molecule has 0 radical (unpaired) electrons. The highest BCUT2D eigenvalue weighted by atomic mass is 35.5. The Labute approximate surface area is 195 Å². The van der Waals surface area contributed by atoms with Crippen molar-refractivity contribution in [1.29, 1.82) is 0 Å². The molecule has 1 atom stereocenters. The molecular formula is C25H20ClNO6. The molecule has 1 fully saturated rings. The molecule has 1 unspecified atom stereocenters. The van der Waals surface area contributed by atoms with Crippen LogP contribution in [-0.2, 0) is 9.59 Å². The second-order valence-electron chi connectivity index (χ2n) is 7.31. The number of hydrogen-bond acceptors (Lipinski definition) is 6. The number of nitrogens with zero attached hydrogens (tertiary/aromatic N) is 1. The molecule has 0 saturated carbocycles. The van der Waals surface area contributed by atoms with Crippen LogP contribution in [0.25, 0.3) is 5.76 Å². The fourth-order valence-corrected chi connectivity index (χ4v) is 4.06. The predicted octanol–water partition coefficient (Wildman–Crippen LogP) is 4.69. The molecule has 8 heteroatoms. The van der Waals surface area contributed by atoms with E-state index in [0.717, 1.165) is 0 Å². The molecule has 0 bridgehead atoms. The molecule has 0 spiro atoms. The van der Waals surface area contributed by atoms with Gasteiger partial charge in [-0.2, -0.15) is 0 Å². The van der Waals surface area contributed by atoms with Crippen LogP contribution < -0.4 is 14.4 Å². The average molecular weight is 466 g/mol. The lowest BCUT2D eigenvalue weighted by atomic mass is 9.94. The molecule has 1 aliphatic rings. The number of anilines is 1. The molecule has 4 rings (SSSR count). The summed E-state index contributed by atoms with van der Waals surface area (Å²) in [5, 5.41) is 21.8. The molecule has 1 aliphatic heterocycles. The number of hydrogen-bond donors (Lipinski definition) is 2. The summed E-state index contributed by atoms with van der Waals surface area (Å²) in [6.07, 6.45) is 0. The highest BCUT2D eigenvalue weighted by molar-refractivity contribution is 6.51. The summed E-state index contributed by atoms with van der Waals surface area (Å²) in [7, 11) is 2.90. The van der Waals surface area contributed by atoms with E-state index in [1.807, 2.05) is 0 Å². The van der Waals surface area contributed by atoms with Gasteiger partial charge >= 0.3 is 0 Å². The number of carbonyl (C=O) groups is 2. The monoisotopic (exact) mass is 465 g/mol. The number of aromatic hydroxyl groups is 1. The highest BCUT2D eigenvalue weighted by Gasteiger charge is 2.47. The zero-order chi connectivity index (χ0) is 23.7. The minimum atomic E-state index is -1.02. The van der Waals surface area contributed by atoms with Crippen LogP contribution in [0.1, 0.15) is 17.2 Å². The molecule has 3 aromatic carbocycles. The van der Waals surface area contributed by atoms with Crippen molar-refractivity contribution in [2.24, 2.45) is 0 Å². The number of ketones is 1. The van der Waals surface area contributed by atoms with E-state index < -0.39 is 23.5 Å². The molecule has 0 aliphatic carbocycles. The Kier molecular flexibility index (Phi) is 5.98.